The maximum atomic E-state index is 2.37. The van der Waals surface area contributed by atoms with Crippen molar-refractivity contribution in [3.63, 3.8) is 0 Å². The first kappa shape index (κ1) is 9.51. The molecule has 0 aromatic carbocycles. The van der Waals surface area contributed by atoms with Crippen LogP contribution in [0.4, 0.5) is 0 Å². The lowest BCUT2D eigenvalue weighted by molar-refractivity contribution is 0.118. The van der Waals surface area contributed by atoms with E-state index in [0.717, 1.165) is 17.8 Å². The highest BCUT2D eigenvalue weighted by Gasteiger charge is 2.31. The van der Waals surface area contributed by atoms with Crippen LogP contribution in [0.15, 0.2) is 0 Å². The lowest BCUT2D eigenvalue weighted by atomic mass is 9.68. The standard InChI is InChI=1S/C12H23N/c1-13(2)9-12-7-10-4-3-5-11(6-10)8-12/h10-12H,3-9H2,1-2H3. The van der Waals surface area contributed by atoms with Gasteiger partial charge in [0.2, 0.25) is 0 Å². The van der Waals surface area contributed by atoms with E-state index >= 15 is 0 Å². The second-order valence-electron chi connectivity index (χ2n) is 5.50. The number of fused-ring (bicyclic) bond motifs is 2. The third-order valence-electron chi connectivity index (χ3n) is 3.85. The minimum absolute atomic E-state index is 1.01. The van der Waals surface area contributed by atoms with E-state index in [-0.39, 0.29) is 0 Å². The van der Waals surface area contributed by atoms with Crippen molar-refractivity contribution in [1.29, 1.82) is 0 Å². The number of rotatable bonds is 2. The Kier molecular flexibility index (Phi) is 2.92. The Bertz CT molecular complexity index is 153. The van der Waals surface area contributed by atoms with Gasteiger partial charge < -0.3 is 4.90 Å². The van der Waals surface area contributed by atoms with E-state index in [0.29, 0.717) is 0 Å². The monoisotopic (exact) mass is 181 g/mol. The topological polar surface area (TPSA) is 3.24 Å². The summed E-state index contributed by atoms with van der Waals surface area (Å²) in [6.45, 7) is 1.33. The third-order valence-corrected chi connectivity index (χ3v) is 3.85. The van der Waals surface area contributed by atoms with E-state index < -0.39 is 0 Å². The molecule has 0 spiro atoms. The molecule has 2 rings (SSSR count). The highest BCUT2D eigenvalue weighted by Crippen LogP contribution is 2.42. The van der Waals surface area contributed by atoms with Gasteiger partial charge in [-0.05, 0) is 51.1 Å². The fourth-order valence-corrected chi connectivity index (χ4v) is 3.53. The highest BCUT2D eigenvalue weighted by molar-refractivity contribution is 4.83. The maximum Gasteiger partial charge on any atom is 0.000376 e. The molecule has 76 valence electrons. The largest absolute Gasteiger partial charge is 0.309 e. The Morgan fingerprint density at radius 1 is 1.00 bits per heavy atom. The molecule has 0 amide bonds. The summed E-state index contributed by atoms with van der Waals surface area (Å²) in [7, 11) is 4.43. The van der Waals surface area contributed by atoms with Crippen molar-refractivity contribution in [2.45, 2.75) is 38.5 Å². The van der Waals surface area contributed by atoms with Gasteiger partial charge in [0.15, 0.2) is 0 Å². The Balaban J connectivity index is 1.86. The van der Waals surface area contributed by atoms with Crippen LogP contribution >= 0.6 is 0 Å². The van der Waals surface area contributed by atoms with E-state index in [4.69, 9.17) is 0 Å². The quantitative estimate of drug-likeness (QED) is 0.633. The SMILES string of the molecule is CN(C)CC1CC2CCCC(C2)C1. The molecule has 2 aliphatic carbocycles. The Labute approximate surface area is 82.5 Å². The number of nitrogens with zero attached hydrogens (tertiary/aromatic N) is 1. The second kappa shape index (κ2) is 4.00. The van der Waals surface area contributed by atoms with Gasteiger partial charge in [0.1, 0.15) is 0 Å². The second-order valence-corrected chi connectivity index (χ2v) is 5.50. The summed E-state index contributed by atoms with van der Waals surface area (Å²) < 4.78 is 0. The van der Waals surface area contributed by atoms with Crippen LogP contribution in [0.25, 0.3) is 0 Å². The summed E-state index contributed by atoms with van der Waals surface area (Å²) in [5.74, 6) is 3.20. The Morgan fingerprint density at radius 3 is 2.15 bits per heavy atom. The molecule has 0 N–H and O–H groups in total. The number of hydrogen-bond acceptors (Lipinski definition) is 1. The van der Waals surface area contributed by atoms with Crippen molar-refractivity contribution >= 4 is 0 Å². The molecule has 0 aromatic rings. The van der Waals surface area contributed by atoms with Crippen LogP contribution in [0.3, 0.4) is 0 Å². The molecule has 2 unspecified atom stereocenters. The summed E-state index contributed by atoms with van der Waals surface area (Å²) in [6.07, 6.45) is 9.18. The van der Waals surface area contributed by atoms with Crippen LogP contribution in [0.1, 0.15) is 38.5 Å². The molecule has 2 bridgehead atoms. The molecule has 1 nitrogen and oxygen atoms in total. The smallest absolute Gasteiger partial charge is 0.000376 e. The molecule has 0 radical (unpaired) electrons. The molecule has 0 saturated heterocycles. The van der Waals surface area contributed by atoms with Crippen molar-refractivity contribution in [2.24, 2.45) is 17.8 Å². The summed E-state index contributed by atoms with van der Waals surface area (Å²) in [4.78, 5) is 2.37. The zero-order valence-corrected chi connectivity index (χ0v) is 9.13. The van der Waals surface area contributed by atoms with Crippen LogP contribution in [0.5, 0.6) is 0 Å². The Morgan fingerprint density at radius 2 is 1.62 bits per heavy atom. The van der Waals surface area contributed by atoms with Crippen LogP contribution < -0.4 is 0 Å². The molecule has 2 atom stereocenters. The van der Waals surface area contributed by atoms with Gasteiger partial charge in [-0.2, -0.15) is 0 Å². The first-order valence-electron chi connectivity index (χ1n) is 5.88. The van der Waals surface area contributed by atoms with Crippen LogP contribution in [-0.4, -0.2) is 25.5 Å². The summed E-state index contributed by atoms with van der Waals surface area (Å²) in [5, 5.41) is 0. The average molecular weight is 181 g/mol. The van der Waals surface area contributed by atoms with Gasteiger partial charge in [0.25, 0.3) is 0 Å². The first-order valence-corrected chi connectivity index (χ1v) is 5.88. The minimum atomic E-state index is 1.01. The third kappa shape index (κ3) is 2.46. The van der Waals surface area contributed by atoms with Crippen molar-refractivity contribution < 1.29 is 0 Å². The van der Waals surface area contributed by atoms with Crippen molar-refractivity contribution in [3.8, 4) is 0 Å². The van der Waals surface area contributed by atoms with E-state index in [1.807, 2.05) is 0 Å². The summed E-state index contributed by atoms with van der Waals surface area (Å²) >= 11 is 0. The van der Waals surface area contributed by atoms with Gasteiger partial charge in [-0.3, -0.25) is 0 Å². The Hall–Kier alpha value is -0.0400. The fraction of sp³-hybridized carbons (Fsp3) is 1.00. The molecule has 0 aliphatic heterocycles. The predicted octanol–water partition coefficient (Wildman–Crippen LogP) is 2.76. The zero-order chi connectivity index (χ0) is 9.26. The maximum absolute atomic E-state index is 2.37. The fourth-order valence-electron chi connectivity index (χ4n) is 3.53. The molecule has 0 aromatic heterocycles. The lowest BCUT2D eigenvalue weighted by Gasteiger charge is -2.39. The van der Waals surface area contributed by atoms with Crippen LogP contribution in [0, 0.1) is 17.8 Å². The molecule has 13 heavy (non-hydrogen) atoms. The van der Waals surface area contributed by atoms with E-state index in [1.54, 1.807) is 6.42 Å². The molecule has 1 heteroatoms. The van der Waals surface area contributed by atoms with Crippen molar-refractivity contribution in [1.82, 2.24) is 4.90 Å². The van der Waals surface area contributed by atoms with Gasteiger partial charge in [0, 0.05) is 6.54 Å². The predicted molar refractivity (Wildman–Crippen MR) is 56.7 cm³/mol. The van der Waals surface area contributed by atoms with E-state index in [1.165, 1.54) is 38.6 Å². The molecule has 0 heterocycles. The normalized spacial score (nSPS) is 39.5. The molecular weight excluding hydrogens is 158 g/mol. The summed E-state index contributed by atoms with van der Waals surface area (Å²) in [5.41, 5.74) is 0. The molecule has 2 aliphatic rings. The molecular formula is C12H23N. The van der Waals surface area contributed by atoms with E-state index in [2.05, 4.69) is 19.0 Å². The minimum Gasteiger partial charge on any atom is -0.309 e. The molecule has 2 fully saturated rings. The van der Waals surface area contributed by atoms with Gasteiger partial charge in [0.05, 0.1) is 0 Å². The zero-order valence-electron chi connectivity index (χ0n) is 9.13. The first-order chi connectivity index (χ1) is 6.24. The lowest BCUT2D eigenvalue weighted by Crippen LogP contribution is -2.32. The van der Waals surface area contributed by atoms with Gasteiger partial charge in [-0.25, -0.2) is 0 Å². The van der Waals surface area contributed by atoms with Gasteiger partial charge in [-0.1, -0.05) is 19.3 Å². The van der Waals surface area contributed by atoms with Gasteiger partial charge >= 0.3 is 0 Å². The van der Waals surface area contributed by atoms with Crippen molar-refractivity contribution in [3.05, 3.63) is 0 Å². The average Bonchev–Trinajstić information content (AvgIpc) is 2.01. The molecule has 2 saturated carbocycles. The van der Waals surface area contributed by atoms with Crippen LogP contribution in [0.2, 0.25) is 0 Å². The van der Waals surface area contributed by atoms with Gasteiger partial charge in [-0.15, -0.1) is 0 Å². The van der Waals surface area contributed by atoms with Crippen molar-refractivity contribution in [2.75, 3.05) is 20.6 Å². The summed E-state index contributed by atoms with van der Waals surface area (Å²) in [6, 6.07) is 0. The van der Waals surface area contributed by atoms with E-state index in [9.17, 15) is 0 Å². The highest BCUT2D eigenvalue weighted by atomic mass is 15.1. The van der Waals surface area contributed by atoms with Crippen LogP contribution in [-0.2, 0) is 0 Å². The number of hydrogen-bond donors (Lipinski definition) is 0.